The average molecular weight is 222 g/mol. The number of carbonyl (C=O) groups excluding carboxylic acids is 1. The predicted octanol–water partition coefficient (Wildman–Crippen LogP) is 0.921. The number of nitrogens with one attached hydrogen (secondary N) is 1. The highest BCUT2D eigenvalue weighted by atomic mass is 16.2. The largest absolute Gasteiger partial charge is 0.396 e. The Morgan fingerprint density at radius 1 is 1.62 bits per heavy atom. The monoisotopic (exact) mass is 222 g/mol. The lowest BCUT2D eigenvalue weighted by molar-refractivity contribution is 0.0924. The summed E-state index contributed by atoms with van der Waals surface area (Å²) in [4.78, 5) is 11.9. The summed E-state index contributed by atoms with van der Waals surface area (Å²) >= 11 is 0. The highest BCUT2D eigenvalue weighted by Crippen LogP contribution is 2.25. The lowest BCUT2D eigenvalue weighted by Crippen LogP contribution is -2.37. The molecule has 1 saturated carbocycles. The van der Waals surface area contributed by atoms with Gasteiger partial charge in [-0.2, -0.15) is 5.10 Å². The zero-order valence-electron chi connectivity index (χ0n) is 9.73. The summed E-state index contributed by atoms with van der Waals surface area (Å²) in [6.07, 6.45) is 5.07. The van der Waals surface area contributed by atoms with Crippen LogP contribution in [-0.4, -0.2) is 21.7 Å². The summed E-state index contributed by atoms with van der Waals surface area (Å²) in [5, 5.41) is 7.06. The number of amides is 1. The molecule has 0 radical (unpaired) electrons. The molecule has 0 bridgehead atoms. The maximum absolute atomic E-state index is 11.9. The molecule has 2 rings (SSSR count). The molecule has 16 heavy (non-hydrogen) atoms. The molecule has 0 saturated heterocycles. The highest BCUT2D eigenvalue weighted by molar-refractivity contribution is 5.97. The van der Waals surface area contributed by atoms with Crippen LogP contribution in [0.3, 0.4) is 0 Å². The molecular formula is C11H18N4O. The Morgan fingerprint density at radius 2 is 2.38 bits per heavy atom. The van der Waals surface area contributed by atoms with Gasteiger partial charge in [0.1, 0.15) is 0 Å². The SMILES string of the molecule is CC1CCCC1NC(=O)c1nn(C)cc1N. The second-order valence-electron chi connectivity index (χ2n) is 4.59. The zero-order valence-corrected chi connectivity index (χ0v) is 9.73. The molecule has 1 fully saturated rings. The molecule has 2 atom stereocenters. The molecule has 0 aliphatic heterocycles. The molecule has 88 valence electrons. The van der Waals surface area contributed by atoms with Crippen molar-refractivity contribution in [3.63, 3.8) is 0 Å². The summed E-state index contributed by atoms with van der Waals surface area (Å²) < 4.78 is 1.56. The first kappa shape index (κ1) is 11.0. The van der Waals surface area contributed by atoms with Crippen LogP contribution in [0.2, 0.25) is 0 Å². The van der Waals surface area contributed by atoms with E-state index in [0.29, 0.717) is 17.3 Å². The lowest BCUT2D eigenvalue weighted by atomic mass is 10.1. The number of nitrogen functional groups attached to an aromatic ring is 1. The number of aryl methyl sites for hydroxylation is 1. The van der Waals surface area contributed by atoms with Gasteiger partial charge in [-0.25, -0.2) is 0 Å². The van der Waals surface area contributed by atoms with Gasteiger partial charge < -0.3 is 11.1 Å². The van der Waals surface area contributed by atoms with Crippen LogP contribution in [0.15, 0.2) is 6.20 Å². The Morgan fingerprint density at radius 3 is 2.88 bits per heavy atom. The van der Waals surface area contributed by atoms with Gasteiger partial charge in [0.05, 0.1) is 5.69 Å². The molecule has 1 aliphatic carbocycles. The number of nitrogens with zero attached hydrogens (tertiary/aromatic N) is 2. The fraction of sp³-hybridized carbons (Fsp3) is 0.636. The summed E-state index contributed by atoms with van der Waals surface area (Å²) in [5.74, 6) is 0.394. The van der Waals surface area contributed by atoms with Gasteiger partial charge in [-0.3, -0.25) is 9.48 Å². The van der Waals surface area contributed by atoms with Crippen molar-refractivity contribution in [1.29, 1.82) is 0 Å². The Kier molecular flexibility index (Phi) is 2.85. The Balaban J connectivity index is 2.05. The van der Waals surface area contributed by atoms with Gasteiger partial charge in [0.25, 0.3) is 5.91 Å². The summed E-state index contributed by atoms with van der Waals surface area (Å²) in [6, 6.07) is 0.272. The molecule has 0 aromatic carbocycles. The lowest BCUT2D eigenvalue weighted by Gasteiger charge is -2.16. The van der Waals surface area contributed by atoms with E-state index in [2.05, 4.69) is 17.3 Å². The fourth-order valence-electron chi connectivity index (χ4n) is 2.28. The topological polar surface area (TPSA) is 72.9 Å². The summed E-state index contributed by atoms with van der Waals surface area (Å²) in [5.41, 5.74) is 6.48. The standard InChI is InChI=1S/C11H18N4O/c1-7-4-3-5-9(7)13-11(16)10-8(12)6-15(2)14-10/h6-7,9H,3-5,12H2,1-2H3,(H,13,16). The number of hydrogen-bond acceptors (Lipinski definition) is 3. The van der Waals surface area contributed by atoms with Gasteiger partial charge in [-0.05, 0) is 18.8 Å². The first-order valence-electron chi connectivity index (χ1n) is 5.68. The normalized spacial score (nSPS) is 24.6. The van der Waals surface area contributed by atoms with E-state index in [0.717, 1.165) is 6.42 Å². The number of rotatable bonds is 2. The summed E-state index contributed by atoms with van der Waals surface area (Å²) in [7, 11) is 1.76. The van der Waals surface area contributed by atoms with Crippen LogP contribution in [0.4, 0.5) is 5.69 Å². The van der Waals surface area contributed by atoms with E-state index >= 15 is 0 Å². The number of carbonyl (C=O) groups is 1. The molecule has 5 nitrogen and oxygen atoms in total. The number of aromatic nitrogens is 2. The molecule has 2 unspecified atom stereocenters. The van der Waals surface area contributed by atoms with Gasteiger partial charge in [-0.1, -0.05) is 13.3 Å². The van der Waals surface area contributed by atoms with Crippen LogP contribution in [0, 0.1) is 5.92 Å². The maximum Gasteiger partial charge on any atom is 0.274 e. The van der Waals surface area contributed by atoms with E-state index < -0.39 is 0 Å². The third kappa shape index (κ3) is 2.03. The highest BCUT2D eigenvalue weighted by Gasteiger charge is 2.26. The number of nitrogens with two attached hydrogens (primary N) is 1. The number of anilines is 1. The Bertz CT molecular complexity index is 399. The van der Waals surface area contributed by atoms with Gasteiger partial charge in [0, 0.05) is 19.3 Å². The molecular weight excluding hydrogens is 204 g/mol. The van der Waals surface area contributed by atoms with Crippen molar-refractivity contribution in [1.82, 2.24) is 15.1 Å². The maximum atomic E-state index is 11.9. The molecule has 1 aliphatic rings. The van der Waals surface area contributed by atoms with E-state index in [9.17, 15) is 4.79 Å². The van der Waals surface area contributed by atoms with Gasteiger partial charge >= 0.3 is 0 Å². The third-order valence-electron chi connectivity index (χ3n) is 3.25. The second-order valence-corrected chi connectivity index (χ2v) is 4.59. The van der Waals surface area contributed by atoms with Gasteiger partial charge in [0.2, 0.25) is 0 Å². The first-order valence-corrected chi connectivity index (χ1v) is 5.68. The second kappa shape index (κ2) is 4.15. The van der Waals surface area contributed by atoms with Crippen LogP contribution >= 0.6 is 0 Å². The van der Waals surface area contributed by atoms with Crippen molar-refractivity contribution >= 4 is 11.6 Å². The van der Waals surface area contributed by atoms with Crippen LogP contribution in [0.1, 0.15) is 36.7 Å². The molecule has 0 spiro atoms. The van der Waals surface area contributed by atoms with Gasteiger partial charge in [0.15, 0.2) is 5.69 Å². The fourth-order valence-corrected chi connectivity index (χ4v) is 2.28. The van der Waals surface area contributed by atoms with Crippen LogP contribution < -0.4 is 11.1 Å². The quantitative estimate of drug-likeness (QED) is 0.781. The molecule has 1 amide bonds. The summed E-state index contributed by atoms with van der Waals surface area (Å²) in [6.45, 7) is 2.17. The van der Waals surface area contributed by atoms with E-state index in [1.54, 1.807) is 17.9 Å². The van der Waals surface area contributed by atoms with Gasteiger partial charge in [-0.15, -0.1) is 0 Å². The third-order valence-corrected chi connectivity index (χ3v) is 3.25. The Hall–Kier alpha value is -1.52. The van der Waals surface area contributed by atoms with Crippen molar-refractivity contribution in [2.75, 3.05) is 5.73 Å². The van der Waals surface area contributed by atoms with Crippen molar-refractivity contribution in [2.24, 2.45) is 13.0 Å². The molecule has 1 aromatic heterocycles. The van der Waals surface area contributed by atoms with Crippen molar-refractivity contribution < 1.29 is 4.79 Å². The smallest absolute Gasteiger partial charge is 0.274 e. The van der Waals surface area contributed by atoms with E-state index in [1.165, 1.54) is 12.8 Å². The van der Waals surface area contributed by atoms with Crippen molar-refractivity contribution in [3.8, 4) is 0 Å². The van der Waals surface area contributed by atoms with E-state index in [1.807, 2.05) is 0 Å². The van der Waals surface area contributed by atoms with Crippen LogP contribution in [0.5, 0.6) is 0 Å². The molecule has 1 aromatic rings. The van der Waals surface area contributed by atoms with Crippen LogP contribution in [0.25, 0.3) is 0 Å². The number of hydrogen-bond donors (Lipinski definition) is 2. The predicted molar refractivity (Wildman–Crippen MR) is 61.9 cm³/mol. The molecule has 1 heterocycles. The average Bonchev–Trinajstić information content (AvgIpc) is 2.74. The first-order chi connectivity index (χ1) is 7.58. The van der Waals surface area contributed by atoms with E-state index in [-0.39, 0.29) is 11.9 Å². The minimum absolute atomic E-state index is 0.156. The minimum Gasteiger partial charge on any atom is -0.396 e. The van der Waals surface area contributed by atoms with Crippen LogP contribution in [-0.2, 0) is 7.05 Å². The van der Waals surface area contributed by atoms with Crippen molar-refractivity contribution in [3.05, 3.63) is 11.9 Å². The van der Waals surface area contributed by atoms with E-state index in [4.69, 9.17) is 5.73 Å². The zero-order chi connectivity index (χ0) is 11.7. The Labute approximate surface area is 95.0 Å². The minimum atomic E-state index is -0.156. The molecule has 3 N–H and O–H groups in total. The van der Waals surface area contributed by atoms with Crippen molar-refractivity contribution in [2.45, 2.75) is 32.2 Å². The molecule has 5 heteroatoms.